The lowest BCUT2D eigenvalue weighted by Gasteiger charge is -2.32. The summed E-state index contributed by atoms with van der Waals surface area (Å²) in [6.07, 6.45) is 3.77. The number of hydrogen-bond acceptors (Lipinski definition) is 4. The van der Waals surface area contributed by atoms with E-state index in [-0.39, 0.29) is 5.91 Å². The van der Waals surface area contributed by atoms with Crippen molar-refractivity contribution in [2.24, 2.45) is 11.7 Å². The molecule has 2 aromatic carbocycles. The highest BCUT2D eigenvalue weighted by Gasteiger charge is 2.24. The van der Waals surface area contributed by atoms with E-state index in [9.17, 15) is 18.0 Å². The molecule has 1 aliphatic rings. The average molecular weight is 430 g/mol. The predicted molar refractivity (Wildman–Crippen MR) is 117 cm³/mol. The maximum Gasteiger partial charge on any atom is 0.253 e. The highest BCUT2D eigenvalue weighted by molar-refractivity contribution is 7.92. The summed E-state index contributed by atoms with van der Waals surface area (Å²) < 4.78 is 25.6. The standard InChI is InChI=1S/C22H27N3O4S/c1-15-3-6-19(14-20(15)24-30(2,28)29)22(27)25-11-9-17(10-12-25)13-16-4-7-18(8-5-16)21(23)26/h3-8,14,17,24H,9-13H2,1-2H3,(H2,23,26). The molecule has 8 heteroatoms. The number of likely N-dealkylation sites (tertiary alicyclic amines) is 1. The lowest BCUT2D eigenvalue weighted by Crippen LogP contribution is -2.39. The van der Waals surface area contributed by atoms with Gasteiger partial charge in [0, 0.05) is 24.2 Å². The number of amides is 2. The summed E-state index contributed by atoms with van der Waals surface area (Å²) in [5.41, 5.74) is 8.60. The molecule has 7 nitrogen and oxygen atoms in total. The van der Waals surface area contributed by atoms with Crippen LogP contribution in [-0.4, -0.2) is 44.5 Å². The van der Waals surface area contributed by atoms with E-state index in [2.05, 4.69) is 4.72 Å². The molecule has 30 heavy (non-hydrogen) atoms. The van der Waals surface area contributed by atoms with Crippen molar-refractivity contribution in [2.45, 2.75) is 26.2 Å². The Morgan fingerprint density at radius 3 is 2.23 bits per heavy atom. The molecule has 160 valence electrons. The third-order valence-corrected chi connectivity index (χ3v) is 6.04. The Labute approximate surface area is 177 Å². The zero-order chi connectivity index (χ0) is 21.9. The van der Waals surface area contributed by atoms with Crippen LogP contribution >= 0.6 is 0 Å². The SMILES string of the molecule is Cc1ccc(C(=O)N2CCC(Cc3ccc(C(N)=O)cc3)CC2)cc1NS(C)(=O)=O. The zero-order valence-corrected chi connectivity index (χ0v) is 18.0. The molecule has 1 aliphatic heterocycles. The van der Waals surface area contributed by atoms with Crippen molar-refractivity contribution in [2.75, 3.05) is 24.1 Å². The molecule has 3 N–H and O–H groups in total. The van der Waals surface area contributed by atoms with Gasteiger partial charge in [0.2, 0.25) is 15.9 Å². The minimum atomic E-state index is -3.41. The first kappa shape index (κ1) is 21.8. The number of primary amides is 1. The second kappa shape index (κ2) is 8.87. The highest BCUT2D eigenvalue weighted by atomic mass is 32.2. The molecule has 0 radical (unpaired) electrons. The van der Waals surface area contributed by atoms with Gasteiger partial charge in [-0.3, -0.25) is 14.3 Å². The van der Waals surface area contributed by atoms with Crippen LogP contribution < -0.4 is 10.5 Å². The predicted octanol–water partition coefficient (Wildman–Crippen LogP) is 2.56. The van der Waals surface area contributed by atoms with Crippen LogP contribution in [-0.2, 0) is 16.4 Å². The molecule has 3 rings (SSSR count). The van der Waals surface area contributed by atoms with Gasteiger partial charge in [-0.05, 0) is 67.5 Å². The summed E-state index contributed by atoms with van der Waals surface area (Å²) >= 11 is 0. The number of rotatable bonds is 6. The van der Waals surface area contributed by atoms with E-state index in [1.54, 1.807) is 37.3 Å². The number of sulfonamides is 1. The second-order valence-electron chi connectivity index (χ2n) is 7.90. The van der Waals surface area contributed by atoms with Gasteiger partial charge in [0.15, 0.2) is 0 Å². The third kappa shape index (κ3) is 5.60. The molecule has 0 aromatic heterocycles. The van der Waals surface area contributed by atoms with E-state index in [4.69, 9.17) is 5.73 Å². The molecule has 0 bridgehead atoms. The van der Waals surface area contributed by atoms with Crippen molar-refractivity contribution in [1.29, 1.82) is 0 Å². The average Bonchev–Trinajstić information content (AvgIpc) is 2.69. The van der Waals surface area contributed by atoms with Gasteiger partial charge in [0.25, 0.3) is 5.91 Å². The summed E-state index contributed by atoms with van der Waals surface area (Å²) in [5, 5.41) is 0. The van der Waals surface area contributed by atoms with Crippen molar-refractivity contribution in [1.82, 2.24) is 4.90 Å². The number of piperidine rings is 1. The Hall–Kier alpha value is -2.87. The fourth-order valence-corrected chi connectivity index (χ4v) is 4.35. The van der Waals surface area contributed by atoms with E-state index >= 15 is 0 Å². The maximum absolute atomic E-state index is 12.9. The fourth-order valence-electron chi connectivity index (χ4n) is 3.73. The smallest absolute Gasteiger partial charge is 0.253 e. The highest BCUT2D eigenvalue weighted by Crippen LogP contribution is 2.25. The van der Waals surface area contributed by atoms with Crippen LogP contribution in [0.4, 0.5) is 5.69 Å². The van der Waals surface area contributed by atoms with E-state index in [0.717, 1.165) is 36.6 Å². The molecule has 0 saturated carbocycles. The van der Waals surface area contributed by atoms with Gasteiger partial charge in [-0.1, -0.05) is 18.2 Å². The number of nitrogens with one attached hydrogen (secondary N) is 1. The van der Waals surface area contributed by atoms with E-state index in [1.165, 1.54) is 0 Å². The summed E-state index contributed by atoms with van der Waals surface area (Å²) in [4.78, 5) is 25.9. The van der Waals surface area contributed by atoms with Crippen molar-refractivity contribution in [3.8, 4) is 0 Å². The summed E-state index contributed by atoms with van der Waals surface area (Å²) in [7, 11) is -3.41. The first-order chi connectivity index (χ1) is 14.1. The van der Waals surface area contributed by atoms with Crippen LogP contribution in [0, 0.1) is 12.8 Å². The number of benzene rings is 2. The first-order valence-corrected chi connectivity index (χ1v) is 11.8. The van der Waals surface area contributed by atoms with E-state index < -0.39 is 15.9 Å². The quantitative estimate of drug-likeness (QED) is 0.735. The van der Waals surface area contributed by atoms with Crippen molar-refractivity contribution in [3.05, 3.63) is 64.7 Å². The van der Waals surface area contributed by atoms with Crippen LogP contribution in [0.5, 0.6) is 0 Å². The Morgan fingerprint density at radius 2 is 1.67 bits per heavy atom. The topological polar surface area (TPSA) is 110 Å². The number of hydrogen-bond donors (Lipinski definition) is 2. The third-order valence-electron chi connectivity index (χ3n) is 5.44. The van der Waals surface area contributed by atoms with Crippen molar-refractivity contribution in [3.63, 3.8) is 0 Å². The van der Waals surface area contributed by atoms with Gasteiger partial charge in [-0.2, -0.15) is 0 Å². The van der Waals surface area contributed by atoms with Crippen molar-refractivity contribution < 1.29 is 18.0 Å². The fraction of sp³-hybridized carbons (Fsp3) is 0.364. The Morgan fingerprint density at radius 1 is 1.07 bits per heavy atom. The van der Waals surface area contributed by atoms with Crippen LogP contribution in [0.1, 0.15) is 44.7 Å². The molecule has 1 heterocycles. The van der Waals surface area contributed by atoms with Gasteiger partial charge >= 0.3 is 0 Å². The van der Waals surface area contributed by atoms with Gasteiger partial charge < -0.3 is 10.6 Å². The molecule has 0 atom stereocenters. The zero-order valence-electron chi connectivity index (χ0n) is 17.2. The molecular formula is C22H27N3O4S. The van der Waals surface area contributed by atoms with Gasteiger partial charge in [0.1, 0.15) is 0 Å². The lowest BCUT2D eigenvalue weighted by molar-refractivity contribution is 0.0690. The van der Waals surface area contributed by atoms with E-state index in [0.29, 0.717) is 35.8 Å². The molecule has 2 aromatic rings. The Bertz CT molecular complexity index is 1040. The van der Waals surface area contributed by atoms with Crippen LogP contribution in [0.25, 0.3) is 0 Å². The van der Waals surface area contributed by atoms with Gasteiger partial charge in [-0.25, -0.2) is 8.42 Å². The summed E-state index contributed by atoms with van der Waals surface area (Å²) in [5.74, 6) is -0.0517. The maximum atomic E-state index is 12.9. The number of anilines is 1. The lowest BCUT2D eigenvalue weighted by atomic mass is 9.89. The van der Waals surface area contributed by atoms with Crippen LogP contribution in [0.15, 0.2) is 42.5 Å². The molecule has 0 unspecified atom stereocenters. The largest absolute Gasteiger partial charge is 0.366 e. The van der Waals surface area contributed by atoms with Crippen LogP contribution in [0.3, 0.4) is 0 Å². The Kier molecular flexibility index (Phi) is 6.45. The number of carbonyl (C=O) groups is 2. The number of nitrogens with zero attached hydrogens (tertiary/aromatic N) is 1. The first-order valence-electron chi connectivity index (χ1n) is 9.89. The molecule has 1 fully saturated rings. The summed E-state index contributed by atoms with van der Waals surface area (Å²) in [6.45, 7) is 3.11. The molecule has 1 saturated heterocycles. The number of aryl methyl sites for hydroxylation is 1. The van der Waals surface area contributed by atoms with Gasteiger partial charge in [0.05, 0.1) is 11.9 Å². The number of carbonyl (C=O) groups excluding carboxylic acids is 2. The van der Waals surface area contributed by atoms with Gasteiger partial charge in [-0.15, -0.1) is 0 Å². The van der Waals surface area contributed by atoms with Crippen molar-refractivity contribution >= 4 is 27.5 Å². The second-order valence-corrected chi connectivity index (χ2v) is 9.65. The van der Waals surface area contributed by atoms with Crippen LogP contribution in [0.2, 0.25) is 0 Å². The minimum Gasteiger partial charge on any atom is -0.366 e. The monoisotopic (exact) mass is 429 g/mol. The molecular weight excluding hydrogens is 402 g/mol. The minimum absolute atomic E-state index is 0.0872. The number of nitrogens with two attached hydrogens (primary N) is 1. The van der Waals surface area contributed by atoms with E-state index in [1.807, 2.05) is 17.0 Å². The summed E-state index contributed by atoms with van der Waals surface area (Å²) in [6, 6.07) is 12.4. The molecule has 0 spiro atoms. The Balaban J connectivity index is 1.60. The molecule has 2 amide bonds. The molecule has 0 aliphatic carbocycles. The normalized spacial score (nSPS) is 15.1.